The number of rotatable bonds is 5. The van der Waals surface area contributed by atoms with Crippen molar-refractivity contribution in [3.63, 3.8) is 0 Å². The molecule has 0 aromatic heterocycles. The van der Waals surface area contributed by atoms with Gasteiger partial charge in [-0.3, -0.25) is 4.99 Å². The Labute approximate surface area is 180 Å². The Bertz CT molecular complexity index is 736. The van der Waals surface area contributed by atoms with Gasteiger partial charge in [0.25, 0.3) is 0 Å². The Morgan fingerprint density at radius 2 is 1.81 bits per heavy atom. The number of nitrogens with one attached hydrogen (secondary N) is 2. The second-order valence-corrected chi connectivity index (χ2v) is 7.07. The van der Waals surface area contributed by atoms with E-state index in [0.717, 1.165) is 12.5 Å². The average molecular weight is 478 g/mol. The van der Waals surface area contributed by atoms with Gasteiger partial charge >= 0.3 is 0 Å². The Morgan fingerprint density at radius 1 is 1.11 bits per heavy atom. The maximum absolute atomic E-state index is 4.37. The number of guanidine groups is 1. The first-order valence-electron chi connectivity index (χ1n) is 9.53. The van der Waals surface area contributed by atoms with Crippen molar-refractivity contribution in [1.82, 2.24) is 10.6 Å². The zero-order valence-corrected chi connectivity index (χ0v) is 18.9. The molecule has 146 valence electrons. The number of anilines is 1. The predicted molar refractivity (Wildman–Crippen MR) is 126 cm³/mol. The van der Waals surface area contributed by atoms with Gasteiger partial charge in [0, 0.05) is 32.4 Å². The van der Waals surface area contributed by atoms with Crippen LogP contribution in [0.25, 0.3) is 0 Å². The van der Waals surface area contributed by atoms with Crippen LogP contribution in [-0.4, -0.2) is 26.1 Å². The van der Waals surface area contributed by atoms with E-state index in [9.17, 15) is 0 Å². The molecule has 1 heterocycles. The normalized spacial score (nSPS) is 15.2. The van der Waals surface area contributed by atoms with Crippen LogP contribution in [0.2, 0.25) is 0 Å². The van der Waals surface area contributed by atoms with E-state index in [2.05, 4.69) is 82.9 Å². The van der Waals surface area contributed by atoms with Gasteiger partial charge in [-0.15, -0.1) is 24.0 Å². The summed E-state index contributed by atoms with van der Waals surface area (Å²) in [7, 11) is 1.82. The highest BCUT2D eigenvalue weighted by Gasteiger charge is 2.14. The smallest absolute Gasteiger partial charge is 0.191 e. The lowest BCUT2D eigenvalue weighted by atomic mass is 10.1. The largest absolute Gasteiger partial charge is 0.372 e. The summed E-state index contributed by atoms with van der Waals surface area (Å²) < 4.78 is 0. The first kappa shape index (κ1) is 21.5. The average Bonchev–Trinajstić information content (AvgIpc) is 3.21. The molecule has 0 radical (unpaired) electrons. The molecule has 3 rings (SSSR count). The third-order valence-corrected chi connectivity index (χ3v) is 5.00. The molecule has 0 spiro atoms. The highest BCUT2D eigenvalue weighted by Crippen LogP contribution is 2.23. The summed E-state index contributed by atoms with van der Waals surface area (Å²) in [6.45, 7) is 7.40. The topological polar surface area (TPSA) is 39.7 Å². The highest BCUT2D eigenvalue weighted by atomic mass is 127. The number of halogens is 1. The van der Waals surface area contributed by atoms with Crippen LogP contribution < -0.4 is 15.5 Å². The van der Waals surface area contributed by atoms with E-state index in [1.165, 1.54) is 48.3 Å². The van der Waals surface area contributed by atoms with Crippen molar-refractivity contribution in [1.29, 1.82) is 0 Å². The highest BCUT2D eigenvalue weighted by molar-refractivity contribution is 14.0. The lowest BCUT2D eigenvalue weighted by Gasteiger charge is -2.22. The first-order valence-corrected chi connectivity index (χ1v) is 9.53. The maximum Gasteiger partial charge on any atom is 0.191 e. The fourth-order valence-electron chi connectivity index (χ4n) is 3.34. The number of nitrogens with zero attached hydrogens (tertiary/aromatic N) is 2. The van der Waals surface area contributed by atoms with E-state index < -0.39 is 0 Å². The molecule has 1 aliphatic rings. The zero-order chi connectivity index (χ0) is 18.4. The molecule has 2 aromatic rings. The molecule has 1 atom stereocenters. The Morgan fingerprint density at radius 3 is 2.48 bits per heavy atom. The lowest BCUT2D eigenvalue weighted by Crippen LogP contribution is -2.38. The van der Waals surface area contributed by atoms with Crippen LogP contribution >= 0.6 is 24.0 Å². The zero-order valence-electron chi connectivity index (χ0n) is 16.5. The number of benzene rings is 2. The maximum atomic E-state index is 4.37. The second kappa shape index (κ2) is 10.5. The van der Waals surface area contributed by atoms with Crippen LogP contribution in [0, 0.1) is 6.92 Å². The molecule has 27 heavy (non-hydrogen) atoms. The van der Waals surface area contributed by atoms with Gasteiger partial charge in [-0.1, -0.05) is 42.0 Å². The minimum Gasteiger partial charge on any atom is -0.372 e. The van der Waals surface area contributed by atoms with Gasteiger partial charge in [0.15, 0.2) is 5.96 Å². The Hall–Kier alpha value is -1.76. The van der Waals surface area contributed by atoms with Crippen molar-refractivity contribution >= 4 is 35.6 Å². The summed E-state index contributed by atoms with van der Waals surface area (Å²) >= 11 is 0. The third kappa shape index (κ3) is 6.13. The molecule has 1 fully saturated rings. The van der Waals surface area contributed by atoms with Gasteiger partial charge in [-0.05, 0) is 49.9 Å². The summed E-state index contributed by atoms with van der Waals surface area (Å²) in [6.07, 6.45) is 2.60. The Kier molecular flexibility index (Phi) is 8.41. The molecule has 2 N–H and O–H groups in total. The van der Waals surface area contributed by atoms with E-state index in [4.69, 9.17) is 0 Å². The van der Waals surface area contributed by atoms with E-state index in [-0.39, 0.29) is 30.0 Å². The molecule has 5 heteroatoms. The van der Waals surface area contributed by atoms with Gasteiger partial charge in [-0.2, -0.15) is 0 Å². The monoisotopic (exact) mass is 478 g/mol. The number of aliphatic imine (C=N–C) groups is 1. The van der Waals surface area contributed by atoms with Gasteiger partial charge in [0.1, 0.15) is 0 Å². The summed E-state index contributed by atoms with van der Waals surface area (Å²) in [5.74, 6) is 0.824. The van der Waals surface area contributed by atoms with Crippen molar-refractivity contribution in [2.75, 3.05) is 25.0 Å². The summed E-state index contributed by atoms with van der Waals surface area (Å²) in [6, 6.07) is 17.6. The molecule has 0 amide bonds. The molecule has 4 nitrogen and oxygen atoms in total. The SMILES string of the molecule is CN=C(NCc1ccc(C)cc1)NC(C)c1cccc(N2CCCC2)c1.I. The first-order chi connectivity index (χ1) is 12.7. The van der Waals surface area contributed by atoms with Gasteiger partial charge < -0.3 is 15.5 Å². The van der Waals surface area contributed by atoms with Crippen LogP contribution in [-0.2, 0) is 6.54 Å². The molecule has 1 saturated heterocycles. The molecule has 1 aliphatic heterocycles. The third-order valence-electron chi connectivity index (χ3n) is 5.00. The summed E-state index contributed by atoms with van der Waals surface area (Å²) in [4.78, 5) is 6.84. The predicted octanol–water partition coefficient (Wildman–Crippen LogP) is 4.64. The molecule has 0 bridgehead atoms. The molecule has 2 aromatic carbocycles. The van der Waals surface area contributed by atoms with Crippen molar-refractivity contribution in [2.45, 2.75) is 39.3 Å². The molecular weight excluding hydrogens is 447 g/mol. The van der Waals surface area contributed by atoms with Crippen molar-refractivity contribution < 1.29 is 0 Å². The molecule has 0 aliphatic carbocycles. The Balaban J connectivity index is 0.00000261. The number of hydrogen-bond donors (Lipinski definition) is 2. The molecule has 0 saturated carbocycles. The minimum atomic E-state index is 0. The fourth-order valence-corrected chi connectivity index (χ4v) is 3.34. The van der Waals surface area contributed by atoms with Gasteiger partial charge in [-0.25, -0.2) is 0 Å². The van der Waals surface area contributed by atoms with Crippen LogP contribution in [0.15, 0.2) is 53.5 Å². The lowest BCUT2D eigenvalue weighted by molar-refractivity contribution is 0.685. The minimum absolute atomic E-state index is 0. The van der Waals surface area contributed by atoms with E-state index in [1.54, 1.807) is 0 Å². The van der Waals surface area contributed by atoms with Crippen LogP contribution in [0.1, 0.15) is 42.5 Å². The quantitative estimate of drug-likeness (QED) is 0.374. The van der Waals surface area contributed by atoms with Crippen LogP contribution in [0.4, 0.5) is 5.69 Å². The standard InChI is InChI=1S/C22H30N4.HI/c1-17-9-11-19(12-10-17)16-24-22(23-3)25-18(2)20-7-6-8-21(15-20)26-13-4-5-14-26;/h6-12,15,18H,4-5,13-14,16H2,1-3H3,(H2,23,24,25);1H. The van der Waals surface area contributed by atoms with Gasteiger partial charge in [0.05, 0.1) is 6.04 Å². The second-order valence-electron chi connectivity index (χ2n) is 7.07. The summed E-state index contributed by atoms with van der Waals surface area (Å²) in [5.41, 5.74) is 5.15. The number of aryl methyl sites for hydroxylation is 1. The number of hydrogen-bond acceptors (Lipinski definition) is 2. The van der Waals surface area contributed by atoms with Crippen molar-refractivity contribution in [3.8, 4) is 0 Å². The van der Waals surface area contributed by atoms with Crippen molar-refractivity contribution in [3.05, 3.63) is 65.2 Å². The van der Waals surface area contributed by atoms with Gasteiger partial charge in [0.2, 0.25) is 0 Å². The fraction of sp³-hybridized carbons (Fsp3) is 0.409. The molecular formula is C22H31IN4. The van der Waals surface area contributed by atoms with Crippen molar-refractivity contribution in [2.24, 2.45) is 4.99 Å². The van der Waals surface area contributed by atoms with Crippen LogP contribution in [0.3, 0.4) is 0 Å². The van der Waals surface area contributed by atoms with Crippen LogP contribution in [0.5, 0.6) is 0 Å². The van der Waals surface area contributed by atoms with E-state index in [0.29, 0.717) is 0 Å². The molecule has 1 unspecified atom stereocenters. The summed E-state index contributed by atoms with van der Waals surface area (Å²) in [5, 5.41) is 6.91. The van der Waals surface area contributed by atoms with E-state index >= 15 is 0 Å². The van der Waals surface area contributed by atoms with E-state index in [1.807, 2.05) is 7.05 Å².